The standard InChI is InChI=1S/C12H16O/c1-9(2)8-11-6-4-5-7-12(11)10(3)13/h4-8,10,13H,1-3H3. The monoisotopic (exact) mass is 176 g/mol. The Morgan fingerprint density at radius 2 is 1.92 bits per heavy atom. The molecule has 0 aliphatic heterocycles. The molecule has 1 nitrogen and oxygen atoms in total. The van der Waals surface area contributed by atoms with Crippen LogP contribution in [0.5, 0.6) is 0 Å². The van der Waals surface area contributed by atoms with Crippen LogP contribution in [-0.2, 0) is 0 Å². The maximum Gasteiger partial charge on any atom is 0.0767 e. The molecule has 70 valence electrons. The number of rotatable bonds is 2. The fraction of sp³-hybridized carbons (Fsp3) is 0.333. The third-order valence-corrected chi connectivity index (χ3v) is 1.89. The second-order valence-corrected chi connectivity index (χ2v) is 3.53. The smallest absolute Gasteiger partial charge is 0.0767 e. The largest absolute Gasteiger partial charge is 0.389 e. The minimum Gasteiger partial charge on any atom is -0.389 e. The highest BCUT2D eigenvalue weighted by atomic mass is 16.3. The second kappa shape index (κ2) is 4.24. The zero-order valence-electron chi connectivity index (χ0n) is 8.41. The Morgan fingerprint density at radius 1 is 1.31 bits per heavy atom. The SMILES string of the molecule is CC(C)=Cc1ccccc1C(C)O. The van der Waals surface area contributed by atoms with Crippen molar-refractivity contribution in [1.29, 1.82) is 0 Å². The van der Waals surface area contributed by atoms with Crippen LogP contribution < -0.4 is 0 Å². The first-order chi connectivity index (χ1) is 6.11. The molecular formula is C12H16O. The van der Waals surface area contributed by atoms with Crippen molar-refractivity contribution in [1.82, 2.24) is 0 Å². The van der Waals surface area contributed by atoms with Crippen molar-refractivity contribution in [3.63, 3.8) is 0 Å². The lowest BCUT2D eigenvalue weighted by atomic mass is 10.0. The molecule has 0 radical (unpaired) electrons. The zero-order valence-corrected chi connectivity index (χ0v) is 8.41. The van der Waals surface area contributed by atoms with Gasteiger partial charge in [0.25, 0.3) is 0 Å². The molecule has 1 aromatic rings. The number of aliphatic hydroxyl groups is 1. The van der Waals surface area contributed by atoms with Gasteiger partial charge in [-0.05, 0) is 31.9 Å². The highest BCUT2D eigenvalue weighted by molar-refractivity contribution is 5.56. The van der Waals surface area contributed by atoms with Gasteiger partial charge in [-0.3, -0.25) is 0 Å². The summed E-state index contributed by atoms with van der Waals surface area (Å²) in [6.07, 6.45) is 1.69. The normalized spacial score (nSPS) is 12.3. The molecule has 0 bridgehead atoms. The molecule has 0 aliphatic carbocycles. The summed E-state index contributed by atoms with van der Waals surface area (Å²) in [6.45, 7) is 5.90. The van der Waals surface area contributed by atoms with E-state index in [4.69, 9.17) is 0 Å². The van der Waals surface area contributed by atoms with Gasteiger partial charge in [0, 0.05) is 0 Å². The first-order valence-electron chi connectivity index (χ1n) is 4.53. The van der Waals surface area contributed by atoms with Gasteiger partial charge in [0.2, 0.25) is 0 Å². The minimum absolute atomic E-state index is 0.396. The molecule has 0 amide bonds. The van der Waals surface area contributed by atoms with Crippen LogP contribution in [0.3, 0.4) is 0 Å². The van der Waals surface area contributed by atoms with Gasteiger partial charge in [-0.2, -0.15) is 0 Å². The van der Waals surface area contributed by atoms with Crippen LogP contribution in [0.2, 0.25) is 0 Å². The molecule has 0 aromatic heterocycles. The molecule has 1 heteroatoms. The highest BCUT2D eigenvalue weighted by Gasteiger charge is 2.03. The van der Waals surface area contributed by atoms with Gasteiger partial charge >= 0.3 is 0 Å². The van der Waals surface area contributed by atoms with Crippen molar-refractivity contribution in [2.75, 3.05) is 0 Å². The fourth-order valence-corrected chi connectivity index (χ4v) is 1.33. The summed E-state index contributed by atoms with van der Waals surface area (Å²) < 4.78 is 0. The number of hydrogen-bond acceptors (Lipinski definition) is 1. The van der Waals surface area contributed by atoms with Crippen molar-refractivity contribution in [2.24, 2.45) is 0 Å². The van der Waals surface area contributed by atoms with E-state index >= 15 is 0 Å². The summed E-state index contributed by atoms with van der Waals surface area (Å²) in [4.78, 5) is 0. The minimum atomic E-state index is -0.396. The lowest BCUT2D eigenvalue weighted by Gasteiger charge is -2.08. The zero-order chi connectivity index (χ0) is 9.84. The van der Waals surface area contributed by atoms with Crippen LogP contribution in [-0.4, -0.2) is 5.11 Å². The van der Waals surface area contributed by atoms with Crippen LogP contribution in [0.25, 0.3) is 6.08 Å². The van der Waals surface area contributed by atoms with Crippen molar-refractivity contribution in [2.45, 2.75) is 26.9 Å². The van der Waals surface area contributed by atoms with E-state index in [-0.39, 0.29) is 0 Å². The molecule has 1 atom stereocenters. The van der Waals surface area contributed by atoms with E-state index in [2.05, 4.69) is 19.9 Å². The van der Waals surface area contributed by atoms with Crippen molar-refractivity contribution in [3.05, 3.63) is 41.0 Å². The van der Waals surface area contributed by atoms with Gasteiger partial charge in [0.1, 0.15) is 0 Å². The number of hydrogen-bond donors (Lipinski definition) is 1. The Bertz CT molecular complexity index is 307. The molecule has 1 unspecified atom stereocenters. The molecule has 0 heterocycles. The average Bonchev–Trinajstić information content (AvgIpc) is 2.03. The summed E-state index contributed by atoms with van der Waals surface area (Å²) in [5.74, 6) is 0. The number of aliphatic hydroxyl groups excluding tert-OH is 1. The molecule has 13 heavy (non-hydrogen) atoms. The Labute approximate surface area is 79.7 Å². The van der Waals surface area contributed by atoms with E-state index in [0.717, 1.165) is 11.1 Å². The van der Waals surface area contributed by atoms with E-state index in [1.54, 1.807) is 6.92 Å². The quantitative estimate of drug-likeness (QED) is 0.733. The second-order valence-electron chi connectivity index (χ2n) is 3.53. The Kier molecular flexibility index (Phi) is 3.26. The van der Waals surface area contributed by atoms with E-state index in [1.807, 2.05) is 24.3 Å². The average molecular weight is 176 g/mol. The molecule has 1 aromatic carbocycles. The first kappa shape index (κ1) is 10.0. The lowest BCUT2D eigenvalue weighted by Crippen LogP contribution is -1.94. The fourth-order valence-electron chi connectivity index (χ4n) is 1.33. The van der Waals surface area contributed by atoms with Gasteiger partial charge in [0.05, 0.1) is 6.10 Å². The van der Waals surface area contributed by atoms with Gasteiger partial charge < -0.3 is 5.11 Å². The first-order valence-corrected chi connectivity index (χ1v) is 4.53. The van der Waals surface area contributed by atoms with Crippen molar-refractivity contribution >= 4 is 6.08 Å². The summed E-state index contributed by atoms with van der Waals surface area (Å²) in [6, 6.07) is 7.92. The molecular weight excluding hydrogens is 160 g/mol. The highest BCUT2D eigenvalue weighted by Crippen LogP contribution is 2.19. The summed E-state index contributed by atoms with van der Waals surface area (Å²) in [5, 5.41) is 9.49. The van der Waals surface area contributed by atoms with Crippen LogP contribution in [0.4, 0.5) is 0 Å². The maximum absolute atomic E-state index is 9.49. The van der Waals surface area contributed by atoms with E-state index in [0.29, 0.717) is 0 Å². The molecule has 0 aliphatic rings. The van der Waals surface area contributed by atoms with Crippen LogP contribution in [0, 0.1) is 0 Å². The van der Waals surface area contributed by atoms with E-state index in [1.165, 1.54) is 5.57 Å². The van der Waals surface area contributed by atoms with Crippen molar-refractivity contribution in [3.8, 4) is 0 Å². The predicted molar refractivity (Wildman–Crippen MR) is 56.4 cm³/mol. The molecule has 0 saturated heterocycles. The van der Waals surface area contributed by atoms with E-state index in [9.17, 15) is 5.11 Å². The van der Waals surface area contributed by atoms with Gasteiger partial charge in [-0.15, -0.1) is 0 Å². The lowest BCUT2D eigenvalue weighted by molar-refractivity contribution is 0.199. The Morgan fingerprint density at radius 3 is 2.46 bits per heavy atom. The van der Waals surface area contributed by atoms with Crippen molar-refractivity contribution < 1.29 is 5.11 Å². The van der Waals surface area contributed by atoms with Crippen LogP contribution >= 0.6 is 0 Å². The number of benzene rings is 1. The van der Waals surface area contributed by atoms with Gasteiger partial charge in [-0.1, -0.05) is 35.9 Å². The topological polar surface area (TPSA) is 20.2 Å². The van der Waals surface area contributed by atoms with Gasteiger partial charge in [-0.25, -0.2) is 0 Å². The summed E-state index contributed by atoms with van der Waals surface area (Å²) >= 11 is 0. The third-order valence-electron chi connectivity index (χ3n) is 1.89. The molecule has 1 rings (SSSR count). The van der Waals surface area contributed by atoms with Crippen LogP contribution in [0.1, 0.15) is 38.0 Å². The van der Waals surface area contributed by atoms with E-state index < -0.39 is 6.10 Å². The van der Waals surface area contributed by atoms with Crippen LogP contribution in [0.15, 0.2) is 29.8 Å². The summed E-state index contributed by atoms with van der Waals surface area (Å²) in [5.41, 5.74) is 3.34. The molecule has 1 N–H and O–H groups in total. The molecule has 0 saturated carbocycles. The van der Waals surface area contributed by atoms with Gasteiger partial charge in [0.15, 0.2) is 0 Å². The predicted octanol–water partition coefficient (Wildman–Crippen LogP) is 3.16. The summed E-state index contributed by atoms with van der Waals surface area (Å²) in [7, 11) is 0. The Balaban J connectivity index is 3.12. The maximum atomic E-state index is 9.49. The third kappa shape index (κ3) is 2.71. The molecule has 0 fully saturated rings. The Hall–Kier alpha value is -1.08. The number of allylic oxidation sites excluding steroid dienone is 1. The molecule has 0 spiro atoms.